The molecule has 1 aromatic carbocycles. The fourth-order valence-electron chi connectivity index (χ4n) is 2.62. The minimum absolute atomic E-state index is 0.194. The zero-order chi connectivity index (χ0) is 14.0. The van der Waals surface area contributed by atoms with E-state index in [1.54, 1.807) is 12.1 Å². The second kappa shape index (κ2) is 5.57. The lowest BCUT2D eigenvalue weighted by molar-refractivity contribution is -0.141. The highest BCUT2D eigenvalue weighted by Gasteiger charge is 2.29. The van der Waals surface area contributed by atoms with Crippen molar-refractivity contribution in [2.75, 3.05) is 31.6 Å². The third-order valence-corrected chi connectivity index (χ3v) is 3.56. The van der Waals surface area contributed by atoms with Crippen molar-refractivity contribution in [2.45, 2.75) is 13.0 Å². The zero-order valence-corrected chi connectivity index (χ0v) is 11.2. The topological polar surface area (TPSA) is 43.8 Å². The Balaban J connectivity index is 2.25. The van der Waals surface area contributed by atoms with E-state index in [0.29, 0.717) is 13.1 Å². The third kappa shape index (κ3) is 3.23. The maximum atomic E-state index is 13.0. The Bertz CT molecular complexity index is 449. The standard InChI is InChI=1S/C14H19FN2O2/c1-10-7-16(2)8-11(14(18)19)9-17(10)13-5-3-12(15)4-6-13/h3-6,10-11H,7-9H2,1-2H3,(H,18,19). The van der Waals surface area contributed by atoms with Gasteiger partial charge in [0.05, 0.1) is 5.92 Å². The lowest BCUT2D eigenvalue weighted by atomic mass is 10.1. The molecule has 0 radical (unpaired) electrons. The van der Waals surface area contributed by atoms with Gasteiger partial charge in [-0.25, -0.2) is 4.39 Å². The molecule has 0 bridgehead atoms. The first-order valence-corrected chi connectivity index (χ1v) is 6.41. The zero-order valence-electron chi connectivity index (χ0n) is 11.2. The number of benzene rings is 1. The Morgan fingerprint density at radius 3 is 2.47 bits per heavy atom. The van der Waals surface area contributed by atoms with E-state index < -0.39 is 11.9 Å². The smallest absolute Gasteiger partial charge is 0.309 e. The molecule has 1 aliphatic heterocycles. The van der Waals surface area contributed by atoms with Gasteiger partial charge in [0.25, 0.3) is 0 Å². The first-order valence-electron chi connectivity index (χ1n) is 6.41. The normalized spacial score (nSPS) is 25.1. The van der Waals surface area contributed by atoms with Crippen LogP contribution in [0.5, 0.6) is 0 Å². The maximum absolute atomic E-state index is 13.0. The quantitative estimate of drug-likeness (QED) is 0.884. The highest BCUT2D eigenvalue weighted by molar-refractivity contribution is 5.71. The van der Waals surface area contributed by atoms with E-state index in [-0.39, 0.29) is 11.9 Å². The van der Waals surface area contributed by atoms with Gasteiger partial charge in [-0.05, 0) is 38.2 Å². The summed E-state index contributed by atoms with van der Waals surface area (Å²) in [6, 6.07) is 6.42. The number of carboxylic acid groups (broad SMARTS) is 1. The summed E-state index contributed by atoms with van der Waals surface area (Å²) >= 11 is 0. The molecule has 4 nitrogen and oxygen atoms in total. The number of nitrogens with zero attached hydrogens (tertiary/aromatic N) is 2. The summed E-state index contributed by atoms with van der Waals surface area (Å²) in [7, 11) is 1.93. The van der Waals surface area contributed by atoms with Gasteiger partial charge in [0, 0.05) is 31.4 Å². The molecular formula is C14H19FN2O2. The predicted molar refractivity (Wildman–Crippen MR) is 71.8 cm³/mol. The van der Waals surface area contributed by atoms with Crippen LogP contribution >= 0.6 is 0 Å². The summed E-state index contributed by atoms with van der Waals surface area (Å²) in [4.78, 5) is 15.4. The molecular weight excluding hydrogens is 247 g/mol. The number of hydrogen-bond donors (Lipinski definition) is 1. The molecule has 2 unspecified atom stereocenters. The first kappa shape index (κ1) is 13.8. The summed E-state index contributed by atoms with van der Waals surface area (Å²) in [6.07, 6.45) is 0. The van der Waals surface area contributed by atoms with Crippen LogP contribution in [-0.2, 0) is 4.79 Å². The number of anilines is 1. The Hall–Kier alpha value is -1.62. The molecule has 2 atom stereocenters. The Morgan fingerprint density at radius 2 is 1.89 bits per heavy atom. The van der Waals surface area contributed by atoms with Gasteiger partial charge in [0.2, 0.25) is 0 Å². The summed E-state index contributed by atoms with van der Waals surface area (Å²) in [5, 5.41) is 9.26. The molecule has 0 saturated carbocycles. The fourth-order valence-corrected chi connectivity index (χ4v) is 2.62. The van der Waals surface area contributed by atoms with Gasteiger partial charge in [-0.3, -0.25) is 4.79 Å². The second-order valence-electron chi connectivity index (χ2n) is 5.23. The molecule has 1 aliphatic rings. The van der Waals surface area contributed by atoms with Gasteiger partial charge in [-0.2, -0.15) is 0 Å². The van der Waals surface area contributed by atoms with Gasteiger partial charge in [-0.15, -0.1) is 0 Å². The van der Waals surface area contributed by atoms with Crippen LogP contribution in [0.25, 0.3) is 0 Å². The molecule has 1 saturated heterocycles. The molecule has 0 aromatic heterocycles. The van der Waals surface area contributed by atoms with Crippen molar-refractivity contribution in [3.63, 3.8) is 0 Å². The van der Waals surface area contributed by atoms with Crippen molar-refractivity contribution in [1.82, 2.24) is 4.90 Å². The Labute approximate surface area is 112 Å². The van der Waals surface area contributed by atoms with E-state index in [4.69, 9.17) is 0 Å². The van der Waals surface area contributed by atoms with Gasteiger partial charge < -0.3 is 14.9 Å². The molecule has 1 heterocycles. The lowest BCUT2D eigenvalue weighted by Gasteiger charge is -2.30. The summed E-state index contributed by atoms with van der Waals surface area (Å²) < 4.78 is 13.0. The first-order chi connectivity index (χ1) is 8.97. The largest absolute Gasteiger partial charge is 0.481 e. The number of hydrogen-bond acceptors (Lipinski definition) is 3. The average molecular weight is 266 g/mol. The maximum Gasteiger partial charge on any atom is 0.309 e. The molecule has 2 rings (SSSR count). The van der Waals surface area contributed by atoms with Gasteiger partial charge in [-0.1, -0.05) is 0 Å². The molecule has 19 heavy (non-hydrogen) atoms. The summed E-state index contributed by atoms with van der Waals surface area (Å²) in [5.41, 5.74) is 0.871. The Morgan fingerprint density at radius 1 is 1.26 bits per heavy atom. The highest BCUT2D eigenvalue weighted by Crippen LogP contribution is 2.22. The average Bonchev–Trinajstić information content (AvgIpc) is 2.49. The van der Waals surface area contributed by atoms with Crippen LogP contribution in [0.3, 0.4) is 0 Å². The van der Waals surface area contributed by atoms with Crippen LogP contribution in [0.2, 0.25) is 0 Å². The number of rotatable bonds is 2. The molecule has 5 heteroatoms. The van der Waals surface area contributed by atoms with Crippen LogP contribution in [0.1, 0.15) is 6.92 Å². The monoisotopic (exact) mass is 266 g/mol. The van der Waals surface area contributed by atoms with Crippen molar-refractivity contribution >= 4 is 11.7 Å². The van der Waals surface area contributed by atoms with Gasteiger partial charge in [0.1, 0.15) is 5.82 Å². The SMILES string of the molecule is CC1CN(C)CC(C(=O)O)CN1c1ccc(F)cc1. The number of carboxylic acids is 1. The molecule has 0 aliphatic carbocycles. The van der Waals surface area contributed by atoms with Gasteiger partial charge >= 0.3 is 5.97 Å². The van der Waals surface area contributed by atoms with Crippen molar-refractivity contribution < 1.29 is 14.3 Å². The molecule has 1 fully saturated rings. The minimum atomic E-state index is -0.784. The van der Waals surface area contributed by atoms with E-state index >= 15 is 0 Å². The van der Waals surface area contributed by atoms with Gasteiger partial charge in [0.15, 0.2) is 0 Å². The van der Waals surface area contributed by atoms with Crippen molar-refractivity contribution in [3.05, 3.63) is 30.1 Å². The highest BCUT2D eigenvalue weighted by atomic mass is 19.1. The summed E-state index contributed by atoms with van der Waals surface area (Å²) in [5.74, 6) is -1.49. The fraction of sp³-hybridized carbons (Fsp3) is 0.500. The third-order valence-electron chi connectivity index (χ3n) is 3.56. The lowest BCUT2D eigenvalue weighted by Crippen LogP contribution is -2.39. The molecule has 0 amide bonds. The van der Waals surface area contributed by atoms with E-state index in [9.17, 15) is 14.3 Å². The predicted octanol–water partition coefficient (Wildman–Crippen LogP) is 1.67. The molecule has 1 N–H and O–H groups in total. The van der Waals surface area contributed by atoms with Crippen molar-refractivity contribution in [2.24, 2.45) is 5.92 Å². The van der Waals surface area contributed by atoms with Crippen LogP contribution in [-0.4, -0.2) is 48.7 Å². The van der Waals surface area contributed by atoms with Crippen LogP contribution in [0.4, 0.5) is 10.1 Å². The molecule has 0 spiro atoms. The minimum Gasteiger partial charge on any atom is -0.481 e. The number of halogens is 1. The number of carbonyl (C=O) groups is 1. The van der Waals surface area contributed by atoms with E-state index in [2.05, 4.69) is 6.92 Å². The van der Waals surface area contributed by atoms with E-state index in [1.807, 2.05) is 16.8 Å². The summed E-state index contributed by atoms with van der Waals surface area (Å²) in [6.45, 7) is 3.84. The van der Waals surface area contributed by atoms with Crippen molar-refractivity contribution in [3.8, 4) is 0 Å². The molecule has 1 aromatic rings. The number of aliphatic carboxylic acids is 1. The van der Waals surface area contributed by atoms with Crippen LogP contribution in [0.15, 0.2) is 24.3 Å². The van der Waals surface area contributed by atoms with Crippen LogP contribution < -0.4 is 4.90 Å². The molecule has 104 valence electrons. The van der Waals surface area contributed by atoms with Crippen molar-refractivity contribution in [1.29, 1.82) is 0 Å². The number of likely N-dealkylation sites (N-methyl/N-ethyl adjacent to an activating group) is 1. The van der Waals surface area contributed by atoms with E-state index in [0.717, 1.165) is 12.2 Å². The Kier molecular flexibility index (Phi) is 4.04. The van der Waals surface area contributed by atoms with Crippen LogP contribution in [0, 0.1) is 11.7 Å². The van der Waals surface area contributed by atoms with E-state index in [1.165, 1.54) is 12.1 Å². The second-order valence-corrected chi connectivity index (χ2v) is 5.23.